The van der Waals surface area contributed by atoms with Gasteiger partial charge < -0.3 is 4.74 Å². The minimum absolute atomic E-state index is 0.299. The Morgan fingerprint density at radius 3 is 2.67 bits per heavy atom. The quantitative estimate of drug-likeness (QED) is 0.421. The van der Waals surface area contributed by atoms with Crippen LogP contribution in [0.4, 0.5) is 4.39 Å². The summed E-state index contributed by atoms with van der Waals surface area (Å²) in [6.45, 7) is 7.12. The molecule has 1 nitrogen and oxygen atoms in total. The van der Waals surface area contributed by atoms with Crippen LogP contribution in [-0.4, -0.2) is 6.61 Å². The zero-order valence-electron chi connectivity index (χ0n) is 5.78. The first-order valence-electron chi connectivity index (χ1n) is 2.84. The van der Waals surface area contributed by atoms with Gasteiger partial charge in [0.15, 0.2) is 5.83 Å². The lowest BCUT2D eigenvalue weighted by Crippen LogP contribution is -1.87. The first-order chi connectivity index (χ1) is 4.22. The molecule has 0 spiro atoms. The third kappa shape index (κ3) is 2.90. The molecule has 0 amide bonds. The van der Waals surface area contributed by atoms with E-state index in [4.69, 9.17) is 4.74 Å². The van der Waals surface area contributed by atoms with Crippen LogP contribution >= 0.6 is 0 Å². The fourth-order valence-electron chi connectivity index (χ4n) is 0.429. The Balaban J connectivity index is 3.93. The van der Waals surface area contributed by atoms with E-state index in [0.29, 0.717) is 12.4 Å². The number of halogens is 1. The predicted octanol–water partition coefficient (Wildman–Crippen LogP) is 2.41. The van der Waals surface area contributed by atoms with E-state index in [1.54, 1.807) is 13.8 Å². The van der Waals surface area contributed by atoms with Crippen molar-refractivity contribution in [1.82, 2.24) is 0 Å². The average Bonchev–Trinajstić information content (AvgIpc) is 1.87. The summed E-state index contributed by atoms with van der Waals surface area (Å²) >= 11 is 0. The van der Waals surface area contributed by atoms with Gasteiger partial charge in [-0.15, -0.1) is 0 Å². The van der Waals surface area contributed by atoms with Crippen LogP contribution in [0.25, 0.3) is 0 Å². The molecule has 0 saturated carbocycles. The van der Waals surface area contributed by atoms with Crippen LogP contribution in [-0.2, 0) is 4.74 Å². The van der Waals surface area contributed by atoms with Gasteiger partial charge in [-0.3, -0.25) is 0 Å². The summed E-state index contributed by atoms with van der Waals surface area (Å²) in [5.41, 5.74) is 0. The zero-order valence-corrected chi connectivity index (χ0v) is 5.78. The molecular weight excluding hydrogens is 119 g/mol. The van der Waals surface area contributed by atoms with Crippen LogP contribution in [0.1, 0.15) is 13.8 Å². The van der Waals surface area contributed by atoms with Crippen molar-refractivity contribution in [3.8, 4) is 0 Å². The van der Waals surface area contributed by atoms with Crippen molar-refractivity contribution in [2.45, 2.75) is 13.8 Å². The van der Waals surface area contributed by atoms with Crippen LogP contribution < -0.4 is 0 Å². The Labute approximate surface area is 54.8 Å². The molecule has 0 heterocycles. The summed E-state index contributed by atoms with van der Waals surface area (Å²) in [4.78, 5) is 0. The Morgan fingerprint density at radius 1 is 1.78 bits per heavy atom. The molecule has 52 valence electrons. The van der Waals surface area contributed by atoms with E-state index in [1.807, 2.05) is 0 Å². The second-order valence-electron chi connectivity index (χ2n) is 1.54. The smallest absolute Gasteiger partial charge is 0.159 e. The van der Waals surface area contributed by atoms with Crippen molar-refractivity contribution >= 4 is 0 Å². The van der Waals surface area contributed by atoms with Crippen LogP contribution in [0.15, 0.2) is 24.2 Å². The van der Waals surface area contributed by atoms with E-state index in [-0.39, 0.29) is 0 Å². The van der Waals surface area contributed by atoms with E-state index < -0.39 is 5.83 Å². The minimum Gasteiger partial charge on any atom is -0.495 e. The third-order valence-corrected chi connectivity index (χ3v) is 0.876. The highest BCUT2D eigenvalue weighted by atomic mass is 19.1. The lowest BCUT2D eigenvalue weighted by molar-refractivity contribution is 0.221. The van der Waals surface area contributed by atoms with Crippen LogP contribution in [0, 0.1) is 0 Å². The molecule has 0 aliphatic rings. The van der Waals surface area contributed by atoms with Gasteiger partial charge in [-0.05, 0) is 19.9 Å². The second kappa shape index (κ2) is 4.13. The summed E-state index contributed by atoms with van der Waals surface area (Å²) < 4.78 is 17.2. The summed E-state index contributed by atoms with van der Waals surface area (Å²) in [7, 11) is 0. The van der Waals surface area contributed by atoms with Gasteiger partial charge in [-0.25, -0.2) is 4.39 Å². The van der Waals surface area contributed by atoms with Crippen LogP contribution in [0.2, 0.25) is 0 Å². The van der Waals surface area contributed by atoms with Gasteiger partial charge in [0.2, 0.25) is 0 Å². The van der Waals surface area contributed by atoms with E-state index in [1.165, 1.54) is 0 Å². The normalized spacial score (nSPS) is 12.3. The van der Waals surface area contributed by atoms with E-state index in [2.05, 4.69) is 6.58 Å². The molecule has 0 aromatic rings. The van der Waals surface area contributed by atoms with Crippen molar-refractivity contribution in [2.24, 2.45) is 0 Å². The Bertz CT molecular complexity index is 127. The summed E-state index contributed by atoms with van der Waals surface area (Å²) in [5.74, 6) is -0.0932. The highest BCUT2D eigenvalue weighted by molar-refractivity contribution is 5.10. The summed E-state index contributed by atoms with van der Waals surface area (Å²) in [6.07, 6.45) is 1.13. The molecule has 0 fully saturated rings. The molecule has 2 heteroatoms. The monoisotopic (exact) mass is 130 g/mol. The van der Waals surface area contributed by atoms with Crippen molar-refractivity contribution in [1.29, 1.82) is 0 Å². The Hall–Kier alpha value is -0.790. The predicted molar refractivity (Wildman–Crippen MR) is 35.6 cm³/mol. The zero-order chi connectivity index (χ0) is 7.28. The first-order valence-corrected chi connectivity index (χ1v) is 2.84. The van der Waals surface area contributed by atoms with Gasteiger partial charge in [0.25, 0.3) is 0 Å². The number of allylic oxidation sites excluding steroid dienone is 3. The van der Waals surface area contributed by atoms with Gasteiger partial charge in [0, 0.05) is 0 Å². The molecule has 0 unspecified atom stereocenters. The fraction of sp³-hybridized carbons (Fsp3) is 0.429. The van der Waals surface area contributed by atoms with Gasteiger partial charge >= 0.3 is 0 Å². The van der Waals surface area contributed by atoms with E-state index in [0.717, 1.165) is 6.08 Å². The summed E-state index contributed by atoms with van der Waals surface area (Å²) in [5, 5.41) is 0. The highest BCUT2D eigenvalue weighted by Gasteiger charge is 1.94. The lowest BCUT2D eigenvalue weighted by Gasteiger charge is -2.00. The van der Waals surface area contributed by atoms with E-state index >= 15 is 0 Å². The molecule has 0 aromatic heterocycles. The molecule has 0 aliphatic heterocycles. The first kappa shape index (κ1) is 8.21. The molecule has 0 aromatic carbocycles. The molecule has 0 N–H and O–H groups in total. The average molecular weight is 130 g/mol. The molecule has 0 bridgehead atoms. The lowest BCUT2D eigenvalue weighted by atomic mass is 10.4. The van der Waals surface area contributed by atoms with Gasteiger partial charge in [-0.1, -0.05) is 6.58 Å². The molecule has 9 heavy (non-hydrogen) atoms. The highest BCUT2D eigenvalue weighted by Crippen LogP contribution is 2.06. The maximum Gasteiger partial charge on any atom is 0.159 e. The topological polar surface area (TPSA) is 9.23 Å². The number of hydrogen-bond donors (Lipinski definition) is 0. The molecule has 0 atom stereocenters. The fourth-order valence-corrected chi connectivity index (χ4v) is 0.429. The second-order valence-corrected chi connectivity index (χ2v) is 1.54. The maximum absolute atomic E-state index is 12.3. The van der Waals surface area contributed by atoms with Gasteiger partial charge in [0.1, 0.15) is 5.76 Å². The Kier molecular flexibility index (Phi) is 3.76. The maximum atomic E-state index is 12.3. The largest absolute Gasteiger partial charge is 0.495 e. The molecule has 0 radical (unpaired) electrons. The standard InChI is InChI=1S/C7H11FO/c1-4-7(8)6(3)9-5-2/h4H,1,5H2,2-3H3/b7-6-. The van der Waals surface area contributed by atoms with Gasteiger partial charge in [0.05, 0.1) is 6.61 Å². The molecule has 0 rings (SSSR count). The summed E-state index contributed by atoms with van der Waals surface area (Å²) in [6, 6.07) is 0. The minimum atomic E-state index is -0.392. The Morgan fingerprint density at radius 2 is 2.33 bits per heavy atom. The molecular formula is C7H11FO. The number of hydrogen-bond acceptors (Lipinski definition) is 1. The SMILES string of the molecule is C=C/C(F)=C(\C)OCC. The molecule has 0 aliphatic carbocycles. The number of ether oxygens (including phenoxy) is 1. The van der Waals surface area contributed by atoms with Gasteiger partial charge in [-0.2, -0.15) is 0 Å². The third-order valence-electron chi connectivity index (χ3n) is 0.876. The van der Waals surface area contributed by atoms with Crippen LogP contribution in [0.3, 0.4) is 0 Å². The number of rotatable bonds is 3. The van der Waals surface area contributed by atoms with Crippen molar-refractivity contribution in [2.75, 3.05) is 6.61 Å². The van der Waals surface area contributed by atoms with E-state index in [9.17, 15) is 4.39 Å². The van der Waals surface area contributed by atoms with Crippen LogP contribution in [0.5, 0.6) is 0 Å². The van der Waals surface area contributed by atoms with Crippen molar-refractivity contribution in [3.05, 3.63) is 24.2 Å². The van der Waals surface area contributed by atoms with Crippen molar-refractivity contribution in [3.63, 3.8) is 0 Å². The molecule has 0 saturated heterocycles. The van der Waals surface area contributed by atoms with Crippen molar-refractivity contribution < 1.29 is 9.13 Å².